The van der Waals surface area contributed by atoms with Gasteiger partial charge in [-0.15, -0.1) is 0 Å². The summed E-state index contributed by atoms with van der Waals surface area (Å²) in [6, 6.07) is 6.96. The molecule has 1 atom stereocenters. The highest BCUT2D eigenvalue weighted by Gasteiger charge is 2.25. The minimum Gasteiger partial charge on any atom is -0.493 e. The van der Waals surface area contributed by atoms with Gasteiger partial charge in [-0.1, -0.05) is 6.07 Å². The van der Waals surface area contributed by atoms with Gasteiger partial charge in [-0.05, 0) is 56.3 Å². The molecule has 2 aliphatic rings. The molecule has 3 rings (SSSR count). The van der Waals surface area contributed by atoms with Gasteiger partial charge in [-0.2, -0.15) is 0 Å². The van der Waals surface area contributed by atoms with Crippen LogP contribution in [0.3, 0.4) is 0 Å². The van der Waals surface area contributed by atoms with Crippen LogP contribution in [0.2, 0.25) is 0 Å². The van der Waals surface area contributed by atoms with E-state index in [0.29, 0.717) is 12.1 Å². The number of methoxy groups -OCH3 is 1. The van der Waals surface area contributed by atoms with Gasteiger partial charge >= 0.3 is 0 Å². The quantitative estimate of drug-likeness (QED) is 0.867. The molecule has 3 heteroatoms. The monoisotopic (exact) mass is 247 g/mol. The second-order valence-electron chi connectivity index (χ2n) is 5.30. The van der Waals surface area contributed by atoms with E-state index in [2.05, 4.69) is 17.4 Å². The Hall–Kier alpha value is -1.22. The van der Waals surface area contributed by atoms with E-state index in [1.165, 1.54) is 31.2 Å². The van der Waals surface area contributed by atoms with Gasteiger partial charge in [0.15, 0.2) is 11.5 Å². The first-order valence-electron chi connectivity index (χ1n) is 6.92. The van der Waals surface area contributed by atoms with Gasteiger partial charge in [-0.3, -0.25) is 0 Å². The topological polar surface area (TPSA) is 30.5 Å². The summed E-state index contributed by atoms with van der Waals surface area (Å²) in [7, 11) is 1.70. The Morgan fingerprint density at radius 3 is 2.78 bits per heavy atom. The van der Waals surface area contributed by atoms with Crippen molar-refractivity contribution < 1.29 is 9.47 Å². The lowest BCUT2D eigenvalue weighted by Crippen LogP contribution is -2.23. The predicted molar refractivity (Wildman–Crippen MR) is 71.4 cm³/mol. The molecule has 18 heavy (non-hydrogen) atoms. The summed E-state index contributed by atoms with van der Waals surface area (Å²) in [4.78, 5) is 0. The van der Waals surface area contributed by atoms with Gasteiger partial charge in [0, 0.05) is 6.04 Å². The average Bonchev–Trinajstić information content (AvgIpc) is 3.04. The highest BCUT2D eigenvalue weighted by Crippen LogP contribution is 2.34. The van der Waals surface area contributed by atoms with Crippen molar-refractivity contribution in [3.05, 3.63) is 23.8 Å². The third-order valence-corrected chi connectivity index (χ3v) is 3.69. The summed E-state index contributed by atoms with van der Waals surface area (Å²) in [5.74, 6) is 1.76. The van der Waals surface area contributed by atoms with Crippen LogP contribution in [0.1, 0.15) is 31.2 Å². The third-order valence-electron chi connectivity index (χ3n) is 3.69. The SMILES string of the molecule is COc1ccc(CC2CCCN2)cc1OC1CC1. The maximum atomic E-state index is 5.91. The van der Waals surface area contributed by atoms with E-state index in [1.54, 1.807) is 7.11 Å². The van der Waals surface area contributed by atoms with E-state index in [-0.39, 0.29) is 0 Å². The molecule has 1 aliphatic heterocycles. The lowest BCUT2D eigenvalue weighted by molar-refractivity contribution is 0.281. The fourth-order valence-corrected chi connectivity index (χ4v) is 2.52. The van der Waals surface area contributed by atoms with Crippen molar-refractivity contribution in [3.8, 4) is 11.5 Å². The number of benzene rings is 1. The molecular formula is C15H21NO2. The molecule has 2 fully saturated rings. The molecule has 0 spiro atoms. The van der Waals surface area contributed by atoms with Gasteiger partial charge in [0.2, 0.25) is 0 Å². The largest absolute Gasteiger partial charge is 0.493 e. The maximum absolute atomic E-state index is 5.91. The third kappa shape index (κ3) is 2.78. The van der Waals surface area contributed by atoms with E-state index >= 15 is 0 Å². The molecule has 3 nitrogen and oxygen atoms in total. The predicted octanol–water partition coefficient (Wildman–Crippen LogP) is 2.53. The lowest BCUT2D eigenvalue weighted by Gasteiger charge is -2.14. The van der Waals surface area contributed by atoms with Crippen molar-refractivity contribution >= 4 is 0 Å². The molecule has 1 aromatic carbocycles. The van der Waals surface area contributed by atoms with Gasteiger partial charge in [-0.25, -0.2) is 0 Å². The van der Waals surface area contributed by atoms with Crippen molar-refractivity contribution in [2.45, 2.75) is 44.2 Å². The Balaban J connectivity index is 1.72. The molecule has 1 saturated heterocycles. The molecule has 1 aliphatic carbocycles. The zero-order valence-corrected chi connectivity index (χ0v) is 10.9. The minimum atomic E-state index is 0.416. The molecule has 0 bridgehead atoms. The van der Waals surface area contributed by atoms with E-state index in [1.807, 2.05) is 6.07 Å². The van der Waals surface area contributed by atoms with Crippen molar-refractivity contribution in [2.75, 3.05) is 13.7 Å². The van der Waals surface area contributed by atoms with Crippen LogP contribution in [0.15, 0.2) is 18.2 Å². The van der Waals surface area contributed by atoms with Crippen LogP contribution >= 0.6 is 0 Å². The summed E-state index contributed by atoms with van der Waals surface area (Å²) < 4.78 is 11.3. The number of nitrogens with one attached hydrogen (secondary N) is 1. The molecule has 0 radical (unpaired) electrons. The average molecular weight is 247 g/mol. The van der Waals surface area contributed by atoms with Gasteiger partial charge < -0.3 is 14.8 Å². The zero-order valence-electron chi connectivity index (χ0n) is 10.9. The molecule has 1 aromatic rings. The highest BCUT2D eigenvalue weighted by molar-refractivity contribution is 5.43. The minimum absolute atomic E-state index is 0.416. The molecule has 1 N–H and O–H groups in total. The van der Waals surface area contributed by atoms with Crippen LogP contribution in [0.25, 0.3) is 0 Å². The summed E-state index contributed by atoms with van der Waals surface area (Å²) in [5.41, 5.74) is 1.34. The summed E-state index contributed by atoms with van der Waals surface area (Å²) in [6.07, 6.45) is 6.44. The number of ether oxygens (including phenoxy) is 2. The zero-order chi connectivity index (χ0) is 12.4. The number of hydrogen-bond acceptors (Lipinski definition) is 3. The molecule has 98 valence electrons. The Morgan fingerprint density at radius 2 is 2.11 bits per heavy atom. The van der Waals surface area contributed by atoms with Crippen LogP contribution in [0.4, 0.5) is 0 Å². The molecule has 0 aromatic heterocycles. The van der Waals surface area contributed by atoms with Crippen LogP contribution in [-0.4, -0.2) is 25.8 Å². The first-order valence-corrected chi connectivity index (χ1v) is 6.92. The van der Waals surface area contributed by atoms with Crippen molar-refractivity contribution in [1.29, 1.82) is 0 Å². The lowest BCUT2D eigenvalue weighted by atomic mass is 10.0. The van der Waals surface area contributed by atoms with Crippen LogP contribution < -0.4 is 14.8 Å². The van der Waals surface area contributed by atoms with E-state index in [0.717, 1.165) is 24.5 Å². The van der Waals surface area contributed by atoms with Gasteiger partial charge in [0.05, 0.1) is 13.2 Å². The second kappa shape index (κ2) is 5.19. The first kappa shape index (κ1) is 11.8. The highest BCUT2D eigenvalue weighted by atomic mass is 16.5. The number of hydrogen-bond donors (Lipinski definition) is 1. The molecule has 1 heterocycles. The van der Waals surface area contributed by atoms with Crippen molar-refractivity contribution in [1.82, 2.24) is 5.32 Å². The summed E-state index contributed by atoms with van der Waals surface area (Å²) in [6.45, 7) is 1.16. The van der Waals surface area contributed by atoms with Crippen LogP contribution in [0, 0.1) is 0 Å². The Bertz CT molecular complexity index is 409. The Kier molecular flexibility index (Phi) is 3.41. The molecule has 1 saturated carbocycles. The fraction of sp³-hybridized carbons (Fsp3) is 0.600. The van der Waals surface area contributed by atoms with Gasteiger partial charge in [0.1, 0.15) is 0 Å². The Morgan fingerprint density at radius 1 is 1.22 bits per heavy atom. The molecule has 1 unspecified atom stereocenters. The normalized spacial score (nSPS) is 23.1. The molecule has 0 amide bonds. The summed E-state index contributed by atoms with van der Waals surface area (Å²) in [5, 5.41) is 3.53. The smallest absolute Gasteiger partial charge is 0.161 e. The first-order chi connectivity index (χ1) is 8.85. The van der Waals surface area contributed by atoms with E-state index in [9.17, 15) is 0 Å². The Labute approximate surface area is 108 Å². The summed E-state index contributed by atoms with van der Waals surface area (Å²) >= 11 is 0. The molecular weight excluding hydrogens is 226 g/mol. The fourth-order valence-electron chi connectivity index (χ4n) is 2.52. The van der Waals surface area contributed by atoms with E-state index in [4.69, 9.17) is 9.47 Å². The van der Waals surface area contributed by atoms with Crippen molar-refractivity contribution in [2.24, 2.45) is 0 Å². The number of rotatable bonds is 5. The van der Waals surface area contributed by atoms with Crippen LogP contribution in [-0.2, 0) is 6.42 Å². The van der Waals surface area contributed by atoms with E-state index < -0.39 is 0 Å². The van der Waals surface area contributed by atoms with Crippen LogP contribution in [0.5, 0.6) is 11.5 Å². The maximum Gasteiger partial charge on any atom is 0.161 e. The van der Waals surface area contributed by atoms with Crippen molar-refractivity contribution in [3.63, 3.8) is 0 Å². The second-order valence-corrected chi connectivity index (χ2v) is 5.30. The van der Waals surface area contributed by atoms with Gasteiger partial charge in [0.25, 0.3) is 0 Å². The standard InChI is InChI=1S/C15H21NO2/c1-17-14-7-4-11(9-12-3-2-8-16-12)10-15(14)18-13-5-6-13/h4,7,10,12-13,16H,2-3,5-6,8-9H2,1H3.